The number of nitrogens with zero attached hydrogens (tertiary/aromatic N) is 3. The number of benzene rings is 3. The number of aromatic nitrogens is 3. The van der Waals surface area contributed by atoms with E-state index in [9.17, 15) is 4.79 Å². The Morgan fingerprint density at radius 3 is 2.61 bits per heavy atom. The Kier molecular flexibility index (Phi) is 4.96. The van der Waals surface area contributed by atoms with Crippen molar-refractivity contribution in [2.75, 3.05) is 6.54 Å². The number of nitrogens with one attached hydrogen (secondary N) is 1. The summed E-state index contributed by atoms with van der Waals surface area (Å²) in [6, 6.07) is 23.8. The molecule has 0 atom stereocenters. The summed E-state index contributed by atoms with van der Waals surface area (Å²) in [4.78, 5) is 17.3. The molecule has 6 nitrogen and oxygen atoms in total. The standard InChI is InChI=1S/C25H22N4O2/c1-17-10-12-18(13-11-17)16-29-21-8-4-2-6-19(21)24(28-29)25(30)26-15-14-23-27-20-7-3-5-9-22(20)31-23/h2-13H,14-16H2,1H3,(H,26,30). The van der Waals surface area contributed by atoms with Gasteiger partial charge in [-0.25, -0.2) is 4.98 Å². The van der Waals surface area contributed by atoms with Crippen LogP contribution in [-0.2, 0) is 13.0 Å². The fourth-order valence-electron chi connectivity index (χ4n) is 3.68. The Bertz CT molecular complexity index is 1330. The third kappa shape index (κ3) is 3.92. The number of aryl methyl sites for hydroxylation is 1. The van der Waals surface area contributed by atoms with E-state index in [4.69, 9.17) is 4.42 Å². The number of rotatable bonds is 6. The molecule has 1 N–H and O–H groups in total. The van der Waals surface area contributed by atoms with Crippen molar-refractivity contribution in [3.05, 3.63) is 95.5 Å². The highest BCUT2D eigenvalue weighted by Crippen LogP contribution is 2.20. The highest BCUT2D eigenvalue weighted by Gasteiger charge is 2.17. The van der Waals surface area contributed by atoms with Gasteiger partial charge < -0.3 is 9.73 Å². The van der Waals surface area contributed by atoms with Crippen molar-refractivity contribution in [2.24, 2.45) is 0 Å². The molecule has 0 radical (unpaired) electrons. The Hall–Kier alpha value is -3.93. The van der Waals surface area contributed by atoms with Crippen LogP contribution < -0.4 is 5.32 Å². The van der Waals surface area contributed by atoms with E-state index in [2.05, 4.69) is 46.6 Å². The monoisotopic (exact) mass is 410 g/mol. The number of fused-ring (bicyclic) bond motifs is 2. The maximum atomic E-state index is 12.9. The molecule has 0 spiro atoms. The summed E-state index contributed by atoms with van der Waals surface area (Å²) in [5.74, 6) is 0.409. The number of amides is 1. The lowest BCUT2D eigenvalue weighted by molar-refractivity contribution is 0.0949. The quantitative estimate of drug-likeness (QED) is 0.447. The first-order valence-corrected chi connectivity index (χ1v) is 10.3. The minimum absolute atomic E-state index is 0.199. The van der Waals surface area contributed by atoms with Gasteiger partial charge in [-0.1, -0.05) is 60.2 Å². The fraction of sp³-hybridized carbons (Fsp3) is 0.160. The molecule has 3 aromatic carbocycles. The smallest absolute Gasteiger partial charge is 0.272 e. The van der Waals surface area contributed by atoms with Crippen LogP contribution in [0.25, 0.3) is 22.0 Å². The Labute approximate surface area is 179 Å². The molecule has 5 rings (SSSR count). The van der Waals surface area contributed by atoms with E-state index < -0.39 is 0 Å². The Morgan fingerprint density at radius 1 is 1.00 bits per heavy atom. The zero-order chi connectivity index (χ0) is 21.2. The predicted molar refractivity (Wildman–Crippen MR) is 120 cm³/mol. The maximum Gasteiger partial charge on any atom is 0.272 e. The zero-order valence-corrected chi connectivity index (χ0v) is 17.2. The van der Waals surface area contributed by atoms with Gasteiger partial charge in [0.2, 0.25) is 0 Å². The molecule has 0 aliphatic carbocycles. The van der Waals surface area contributed by atoms with Gasteiger partial charge in [0.1, 0.15) is 5.52 Å². The van der Waals surface area contributed by atoms with E-state index in [0.717, 1.165) is 27.6 Å². The number of para-hydroxylation sites is 3. The first-order chi connectivity index (χ1) is 15.2. The Balaban J connectivity index is 1.32. The largest absolute Gasteiger partial charge is 0.441 e. The Morgan fingerprint density at radius 2 is 1.77 bits per heavy atom. The lowest BCUT2D eigenvalue weighted by atomic mass is 10.1. The first-order valence-electron chi connectivity index (χ1n) is 10.3. The molecule has 0 fully saturated rings. The molecule has 154 valence electrons. The fourth-order valence-corrected chi connectivity index (χ4v) is 3.68. The third-order valence-corrected chi connectivity index (χ3v) is 5.29. The van der Waals surface area contributed by atoms with Gasteiger partial charge in [0.25, 0.3) is 5.91 Å². The third-order valence-electron chi connectivity index (χ3n) is 5.29. The molecule has 0 saturated carbocycles. The molecule has 0 aliphatic heterocycles. The van der Waals surface area contributed by atoms with Crippen LogP contribution in [-0.4, -0.2) is 27.2 Å². The molecule has 0 unspecified atom stereocenters. The molecular formula is C25H22N4O2. The summed E-state index contributed by atoms with van der Waals surface area (Å²) < 4.78 is 7.61. The lowest BCUT2D eigenvalue weighted by Gasteiger charge is -2.04. The van der Waals surface area contributed by atoms with E-state index in [1.165, 1.54) is 5.56 Å². The van der Waals surface area contributed by atoms with Crippen molar-refractivity contribution < 1.29 is 9.21 Å². The summed E-state index contributed by atoms with van der Waals surface area (Å²) in [6.07, 6.45) is 0.516. The van der Waals surface area contributed by atoms with Crippen molar-refractivity contribution in [1.82, 2.24) is 20.1 Å². The minimum atomic E-state index is -0.199. The molecule has 2 heterocycles. The molecule has 0 aliphatic rings. The number of hydrogen-bond acceptors (Lipinski definition) is 4. The number of hydrogen-bond donors (Lipinski definition) is 1. The maximum absolute atomic E-state index is 12.9. The van der Waals surface area contributed by atoms with Crippen molar-refractivity contribution in [3.8, 4) is 0 Å². The van der Waals surface area contributed by atoms with Crippen LogP contribution in [0.5, 0.6) is 0 Å². The number of carbonyl (C=O) groups excluding carboxylic acids is 1. The average molecular weight is 410 g/mol. The van der Waals surface area contributed by atoms with E-state index in [1.807, 2.05) is 53.2 Å². The second-order valence-electron chi connectivity index (χ2n) is 7.59. The van der Waals surface area contributed by atoms with Crippen molar-refractivity contribution in [1.29, 1.82) is 0 Å². The molecule has 0 bridgehead atoms. The summed E-state index contributed by atoms with van der Waals surface area (Å²) >= 11 is 0. The van der Waals surface area contributed by atoms with Crippen molar-refractivity contribution in [3.63, 3.8) is 0 Å². The lowest BCUT2D eigenvalue weighted by Crippen LogP contribution is -2.26. The van der Waals surface area contributed by atoms with Crippen LogP contribution in [0.1, 0.15) is 27.5 Å². The van der Waals surface area contributed by atoms with E-state index in [0.29, 0.717) is 31.1 Å². The molecule has 31 heavy (non-hydrogen) atoms. The average Bonchev–Trinajstić information content (AvgIpc) is 3.37. The van der Waals surface area contributed by atoms with Crippen LogP contribution in [0.2, 0.25) is 0 Å². The van der Waals surface area contributed by atoms with Gasteiger partial charge >= 0.3 is 0 Å². The van der Waals surface area contributed by atoms with Gasteiger partial charge in [0.15, 0.2) is 17.2 Å². The normalized spacial score (nSPS) is 11.3. The molecule has 2 aromatic heterocycles. The second kappa shape index (κ2) is 8.07. The van der Waals surface area contributed by atoms with Gasteiger partial charge in [0.05, 0.1) is 12.1 Å². The van der Waals surface area contributed by atoms with Gasteiger partial charge in [0, 0.05) is 18.4 Å². The van der Waals surface area contributed by atoms with E-state index in [1.54, 1.807) is 0 Å². The second-order valence-corrected chi connectivity index (χ2v) is 7.59. The highest BCUT2D eigenvalue weighted by molar-refractivity contribution is 6.04. The van der Waals surface area contributed by atoms with Gasteiger partial charge in [-0.05, 0) is 30.7 Å². The summed E-state index contributed by atoms with van der Waals surface area (Å²) in [7, 11) is 0. The van der Waals surface area contributed by atoms with Crippen LogP contribution in [0.3, 0.4) is 0 Å². The van der Waals surface area contributed by atoms with Crippen LogP contribution >= 0.6 is 0 Å². The minimum Gasteiger partial charge on any atom is -0.441 e. The number of oxazole rings is 1. The molecule has 6 heteroatoms. The topological polar surface area (TPSA) is 73.0 Å². The number of carbonyl (C=O) groups is 1. The summed E-state index contributed by atoms with van der Waals surface area (Å²) in [5, 5.41) is 8.43. The summed E-state index contributed by atoms with van der Waals surface area (Å²) in [5.41, 5.74) is 5.30. The van der Waals surface area contributed by atoms with Gasteiger partial charge in [-0.15, -0.1) is 0 Å². The zero-order valence-electron chi connectivity index (χ0n) is 17.2. The van der Waals surface area contributed by atoms with E-state index >= 15 is 0 Å². The van der Waals surface area contributed by atoms with Crippen LogP contribution in [0.15, 0.2) is 77.2 Å². The van der Waals surface area contributed by atoms with Crippen molar-refractivity contribution in [2.45, 2.75) is 19.9 Å². The summed E-state index contributed by atoms with van der Waals surface area (Å²) in [6.45, 7) is 3.10. The molecular weight excluding hydrogens is 388 g/mol. The first kappa shape index (κ1) is 19.1. The molecule has 5 aromatic rings. The van der Waals surface area contributed by atoms with Crippen molar-refractivity contribution >= 4 is 27.9 Å². The van der Waals surface area contributed by atoms with E-state index in [-0.39, 0.29) is 5.91 Å². The predicted octanol–water partition coefficient (Wildman–Crippen LogP) is 4.51. The van der Waals surface area contributed by atoms with Crippen LogP contribution in [0.4, 0.5) is 0 Å². The highest BCUT2D eigenvalue weighted by atomic mass is 16.3. The van der Waals surface area contributed by atoms with Gasteiger partial charge in [-0.3, -0.25) is 9.48 Å². The molecule has 0 saturated heterocycles. The SMILES string of the molecule is Cc1ccc(Cn2nc(C(=O)NCCc3nc4ccccc4o3)c3ccccc32)cc1. The molecule has 1 amide bonds. The van der Waals surface area contributed by atoms with Crippen LogP contribution in [0, 0.1) is 6.92 Å². The van der Waals surface area contributed by atoms with Gasteiger partial charge in [-0.2, -0.15) is 5.10 Å².